The molecule has 6 nitrogen and oxygen atoms in total. The third-order valence-electron chi connectivity index (χ3n) is 4.38. The highest BCUT2D eigenvalue weighted by Gasteiger charge is 2.48. The minimum Gasteiger partial charge on any atom is -0.375 e. The van der Waals surface area contributed by atoms with Gasteiger partial charge in [0.05, 0.1) is 17.2 Å². The number of hydrogen-bond donors (Lipinski definition) is 1. The maximum absolute atomic E-state index is 12.4. The molecule has 7 heteroatoms. The Balaban J connectivity index is 1.75. The van der Waals surface area contributed by atoms with E-state index in [-0.39, 0.29) is 17.9 Å². The Bertz CT molecular complexity index is 907. The number of aryl methyl sites for hydroxylation is 1. The van der Waals surface area contributed by atoms with E-state index in [0.29, 0.717) is 11.3 Å². The molecule has 0 unspecified atom stereocenters. The van der Waals surface area contributed by atoms with E-state index in [1.807, 2.05) is 6.92 Å². The normalized spacial score (nSPS) is 20.0. The molecule has 1 atom stereocenters. The number of carbonyl (C=O) groups excluding carboxylic acids is 1. The molecular weight excluding hydrogens is 342 g/mol. The van der Waals surface area contributed by atoms with E-state index in [0.717, 1.165) is 5.56 Å². The molecule has 132 valence electrons. The molecular formula is C18H19NO5S. The summed E-state index contributed by atoms with van der Waals surface area (Å²) in [6.45, 7) is 1.55. The molecule has 2 aromatic rings. The first kappa shape index (κ1) is 17.6. The van der Waals surface area contributed by atoms with E-state index in [4.69, 9.17) is 4.18 Å². The van der Waals surface area contributed by atoms with Crippen molar-refractivity contribution in [2.24, 2.45) is 0 Å². The van der Waals surface area contributed by atoms with Gasteiger partial charge in [-0.3, -0.25) is 8.98 Å². The lowest BCUT2D eigenvalue weighted by molar-refractivity contribution is -0.137. The van der Waals surface area contributed by atoms with E-state index in [9.17, 15) is 18.3 Å². The summed E-state index contributed by atoms with van der Waals surface area (Å²) in [4.78, 5) is 13.8. The van der Waals surface area contributed by atoms with Gasteiger partial charge in [-0.2, -0.15) is 8.42 Å². The second kappa shape index (κ2) is 6.25. The Hall–Kier alpha value is -2.22. The van der Waals surface area contributed by atoms with E-state index in [1.165, 1.54) is 17.0 Å². The topological polar surface area (TPSA) is 83.9 Å². The standard InChI is InChI=1S/C18H19NO5S/c1-13-7-9-14(10-8-13)25(22,23)24-12-11-18(21)15-5-3-4-6-16(15)19(2)17(18)20/h3-10,21H,11-12H2,1-2H3/t18-/m1/s1. The van der Waals surface area contributed by atoms with Gasteiger partial charge in [0.25, 0.3) is 16.0 Å². The van der Waals surface area contributed by atoms with E-state index in [2.05, 4.69) is 0 Å². The number of hydrogen-bond acceptors (Lipinski definition) is 5. The molecule has 25 heavy (non-hydrogen) atoms. The number of carbonyl (C=O) groups is 1. The van der Waals surface area contributed by atoms with Crippen LogP contribution < -0.4 is 4.90 Å². The Morgan fingerprint density at radius 3 is 2.44 bits per heavy atom. The van der Waals surface area contributed by atoms with E-state index >= 15 is 0 Å². The summed E-state index contributed by atoms with van der Waals surface area (Å²) in [6, 6.07) is 13.2. The molecule has 1 N–H and O–H groups in total. The fourth-order valence-corrected chi connectivity index (χ4v) is 3.84. The highest BCUT2D eigenvalue weighted by Crippen LogP contribution is 2.41. The van der Waals surface area contributed by atoms with Gasteiger partial charge in [0.2, 0.25) is 0 Å². The number of fused-ring (bicyclic) bond motifs is 1. The van der Waals surface area contributed by atoms with Crippen molar-refractivity contribution < 1.29 is 22.5 Å². The van der Waals surface area contributed by atoms with Gasteiger partial charge in [-0.1, -0.05) is 35.9 Å². The molecule has 0 spiro atoms. The second-order valence-electron chi connectivity index (χ2n) is 6.08. The monoisotopic (exact) mass is 361 g/mol. The smallest absolute Gasteiger partial charge is 0.296 e. The minimum atomic E-state index is -3.94. The largest absolute Gasteiger partial charge is 0.375 e. The van der Waals surface area contributed by atoms with Crippen molar-refractivity contribution in [2.75, 3.05) is 18.6 Å². The van der Waals surface area contributed by atoms with Gasteiger partial charge in [0.1, 0.15) is 0 Å². The molecule has 0 saturated carbocycles. The van der Waals surface area contributed by atoms with Crippen LogP contribution in [0, 0.1) is 6.92 Å². The maximum Gasteiger partial charge on any atom is 0.296 e. The summed E-state index contributed by atoms with van der Waals surface area (Å²) in [7, 11) is -2.37. The molecule has 0 saturated heterocycles. The zero-order valence-corrected chi connectivity index (χ0v) is 14.8. The minimum absolute atomic E-state index is 0.0420. The van der Waals surface area contributed by atoms with Gasteiger partial charge in [-0.15, -0.1) is 0 Å². The third-order valence-corrected chi connectivity index (χ3v) is 5.71. The molecule has 0 fully saturated rings. The zero-order chi connectivity index (χ0) is 18.2. The van der Waals surface area contributed by atoms with Crippen LogP contribution in [0.4, 0.5) is 5.69 Å². The van der Waals surface area contributed by atoms with Crippen LogP contribution in [0.25, 0.3) is 0 Å². The Labute approximate surface area is 146 Å². The predicted octanol–water partition coefficient (Wildman–Crippen LogP) is 1.95. The third kappa shape index (κ3) is 3.06. The Morgan fingerprint density at radius 1 is 1.12 bits per heavy atom. The number of likely N-dealkylation sites (N-methyl/N-ethyl adjacent to an activating group) is 1. The molecule has 0 aliphatic carbocycles. The number of nitrogens with zero attached hydrogens (tertiary/aromatic N) is 1. The number of anilines is 1. The van der Waals surface area contributed by atoms with Gasteiger partial charge < -0.3 is 10.0 Å². The summed E-state index contributed by atoms with van der Waals surface area (Å²) >= 11 is 0. The Kier molecular flexibility index (Phi) is 4.40. The van der Waals surface area contributed by atoms with Crippen LogP contribution in [-0.4, -0.2) is 33.1 Å². The van der Waals surface area contributed by atoms with E-state index < -0.39 is 21.6 Å². The average Bonchev–Trinajstić information content (AvgIpc) is 2.78. The van der Waals surface area contributed by atoms with Crippen molar-refractivity contribution in [3.63, 3.8) is 0 Å². The first-order valence-electron chi connectivity index (χ1n) is 7.82. The molecule has 0 bridgehead atoms. The van der Waals surface area contributed by atoms with Crippen LogP contribution in [0.1, 0.15) is 17.5 Å². The number of aliphatic hydroxyl groups is 1. The van der Waals surface area contributed by atoms with Gasteiger partial charge in [0.15, 0.2) is 5.60 Å². The molecule has 0 aromatic heterocycles. The summed E-state index contributed by atoms with van der Waals surface area (Å²) < 4.78 is 29.5. The van der Waals surface area contributed by atoms with Gasteiger partial charge in [-0.25, -0.2) is 0 Å². The van der Waals surface area contributed by atoms with Gasteiger partial charge in [0, 0.05) is 19.0 Å². The molecule has 1 heterocycles. The molecule has 1 aliphatic heterocycles. The predicted molar refractivity (Wildman–Crippen MR) is 92.7 cm³/mol. The van der Waals surface area contributed by atoms with Crippen LogP contribution in [0.5, 0.6) is 0 Å². The van der Waals surface area contributed by atoms with Crippen molar-refractivity contribution in [3.8, 4) is 0 Å². The van der Waals surface area contributed by atoms with Crippen LogP contribution in [-0.2, 0) is 24.7 Å². The zero-order valence-electron chi connectivity index (χ0n) is 14.0. The highest BCUT2D eigenvalue weighted by atomic mass is 32.2. The summed E-state index contributed by atoms with van der Waals surface area (Å²) in [6.07, 6.45) is -0.154. The Morgan fingerprint density at radius 2 is 1.76 bits per heavy atom. The van der Waals surface area contributed by atoms with E-state index in [1.54, 1.807) is 43.4 Å². The first-order valence-corrected chi connectivity index (χ1v) is 9.23. The van der Waals surface area contributed by atoms with Crippen LogP contribution in [0.3, 0.4) is 0 Å². The summed E-state index contributed by atoms with van der Waals surface area (Å²) in [5.41, 5.74) is 0.216. The number of rotatable bonds is 5. The van der Waals surface area contributed by atoms with Crippen molar-refractivity contribution in [2.45, 2.75) is 23.8 Å². The number of para-hydroxylation sites is 1. The van der Waals surface area contributed by atoms with Gasteiger partial charge in [-0.05, 0) is 25.1 Å². The number of benzene rings is 2. The fraction of sp³-hybridized carbons (Fsp3) is 0.278. The lowest BCUT2D eigenvalue weighted by Crippen LogP contribution is -2.39. The summed E-state index contributed by atoms with van der Waals surface area (Å²) in [5.74, 6) is -0.495. The van der Waals surface area contributed by atoms with Crippen LogP contribution >= 0.6 is 0 Å². The highest BCUT2D eigenvalue weighted by molar-refractivity contribution is 7.86. The molecule has 1 amide bonds. The quantitative estimate of drug-likeness (QED) is 0.823. The van der Waals surface area contributed by atoms with Crippen molar-refractivity contribution in [1.29, 1.82) is 0 Å². The lowest BCUT2D eigenvalue weighted by Gasteiger charge is -2.21. The van der Waals surface area contributed by atoms with Gasteiger partial charge >= 0.3 is 0 Å². The summed E-state index contributed by atoms with van der Waals surface area (Å²) in [5, 5.41) is 10.8. The number of amides is 1. The molecule has 0 radical (unpaired) electrons. The maximum atomic E-state index is 12.4. The molecule has 1 aliphatic rings. The van der Waals surface area contributed by atoms with Crippen molar-refractivity contribution in [3.05, 3.63) is 59.7 Å². The lowest BCUT2D eigenvalue weighted by atomic mass is 9.92. The van der Waals surface area contributed by atoms with Crippen molar-refractivity contribution >= 4 is 21.7 Å². The SMILES string of the molecule is Cc1ccc(S(=O)(=O)OCC[C@]2(O)C(=O)N(C)c3ccccc32)cc1. The second-order valence-corrected chi connectivity index (χ2v) is 7.70. The van der Waals surface area contributed by atoms with Crippen LogP contribution in [0.2, 0.25) is 0 Å². The average molecular weight is 361 g/mol. The van der Waals surface area contributed by atoms with Crippen molar-refractivity contribution in [1.82, 2.24) is 0 Å². The fourth-order valence-electron chi connectivity index (χ4n) is 2.93. The first-order chi connectivity index (χ1) is 11.8. The van der Waals surface area contributed by atoms with Crippen LogP contribution in [0.15, 0.2) is 53.4 Å². The molecule has 2 aromatic carbocycles. The molecule has 3 rings (SSSR count).